The molecule has 2 heterocycles. The number of anilines is 4. The number of aromatic nitrogens is 2. The van der Waals surface area contributed by atoms with Crippen LogP contribution in [0.5, 0.6) is 0 Å². The van der Waals surface area contributed by atoms with Gasteiger partial charge in [0.05, 0.1) is 6.04 Å². The Morgan fingerprint density at radius 1 is 1.42 bits per heavy atom. The number of carbonyl (C=O) groups is 1. The van der Waals surface area contributed by atoms with E-state index in [9.17, 15) is 9.59 Å². The number of likely N-dealkylation sites (N-methyl/N-ethyl adjacent to an activating group) is 1. The molecule has 7 N–H and O–H groups in total. The fourth-order valence-corrected chi connectivity index (χ4v) is 2.67. The van der Waals surface area contributed by atoms with Crippen LogP contribution in [0.25, 0.3) is 0 Å². The summed E-state index contributed by atoms with van der Waals surface area (Å²) in [6, 6.07) is 6.96. The van der Waals surface area contributed by atoms with Crippen molar-refractivity contribution < 1.29 is 4.79 Å². The molecule has 3 rings (SSSR count). The van der Waals surface area contributed by atoms with E-state index < -0.39 is 5.91 Å². The lowest BCUT2D eigenvalue weighted by molar-refractivity contribution is 0.100. The van der Waals surface area contributed by atoms with Crippen molar-refractivity contribution >= 4 is 29.0 Å². The number of carbonyl (C=O) groups excluding carboxylic acids is 1. The highest BCUT2D eigenvalue weighted by molar-refractivity contribution is 5.93. The van der Waals surface area contributed by atoms with Gasteiger partial charge in [-0.1, -0.05) is 0 Å². The van der Waals surface area contributed by atoms with E-state index in [1.165, 1.54) is 0 Å². The van der Waals surface area contributed by atoms with Crippen molar-refractivity contribution in [3.63, 3.8) is 0 Å². The number of fused-ring (bicyclic) bond motifs is 1. The SMILES string of the molecule is CN1c2c(nc(N)[nH]c2=O)NC[C@H]1CNc1ccc(C(N)=O)cc1. The van der Waals surface area contributed by atoms with E-state index in [-0.39, 0.29) is 17.5 Å². The molecule has 1 amide bonds. The number of nitrogens with two attached hydrogens (primary N) is 2. The maximum atomic E-state index is 12.1. The van der Waals surface area contributed by atoms with Gasteiger partial charge in [0.2, 0.25) is 11.9 Å². The highest BCUT2D eigenvalue weighted by atomic mass is 16.1. The number of rotatable bonds is 4. The molecule has 1 aliphatic heterocycles. The van der Waals surface area contributed by atoms with Gasteiger partial charge in [-0.2, -0.15) is 4.98 Å². The molecular formula is C15H19N7O2. The van der Waals surface area contributed by atoms with Crippen LogP contribution in [0, 0.1) is 0 Å². The summed E-state index contributed by atoms with van der Waals surface area (Å²) in [5.41, 5.74) is 12.3. The number of nitrogen functional groups attached to an aromatic ring is 1. The summed E-state index contributed by atoms with van der Waals surface area (Å²) >= 11 is 0. The first-order chi connectivity index (χ1) is 11.5. The van der Waals surface area contributed by atoms with Gasteiger partial charge in [0.25, 0.3) is 5.56 Å². The minimum absolute atomic E-state index is 0.0415. The van der Waals surface area contributed by atoms with Crippen LogP contribution < -0.4 is 32.6 Å². The van der Waals surface area contributed by atoms with Crippen molar-refractivity contribution in [1.29, 1.82) is 0 Å². The summed E-state index contributed by atoms with van der Waals surface area (Å²) in [5, 5.41) is 6.41. The summed E-state index contributed by atoms with van der Waals surface area (Å²) < 4.78 is 0. The molecule has 126 valence electrons. The normalized spacial score (nSPS) is 16.2. The van der Waals surface area contributed by atoms with Gasteiger partial charge in [-0.3, -0.25) is 14.6 Å². The number of aromatic amines is 1. The first kappa shape index (κ1) is 15.7. The van der Waals surface area contributed by atoms with Gasteiger partial charge in [-0.25, -0.2) is 0 Å². The standard InChI is InChI=1S/C15H19N7O2/c1-22-10(6-18-9-4-2-8(3-5-9)12(16)23)7-19-13-11(22)14(24)21-15(17)20-13/h2-5,10,18H,6-7H2,1H3,(H2,16,23)(H4,17,19,20,21,24)/t10-/m1/s1. The first-order valence-electron chi connectivity index (χ1n) is 7.46. The molecule has 0 spiro atoms. The molecule has 0 unspecified atom stereocenters. The van der Waals surface area contributed by atoms with Crippen LogP contribution in [-0.2, 0) is 0 Å². The Bertz CT molecular complexity index is 816. The Labute approximate surface area is 138 Å². The molecule has 9 nitrogen and oxygen atoms in total. The zero-order valence-electron chi connectivity index (χ0n) is 13.2. The van der Waals surface area contributed by atoms with E-state index in [0.29, 0.717) is 30.2 Å². The fourth-order valence-electron chi connectivity index (χ4n) is 2.67. The third-order valence-corrected chi connectivity index (χ3v) is 4.03. The van der Waals surface area contributed by atoms with Crippen LogP contribution in [0.1, 0.15) is 10.4 Å². The van der Waals surface area contributed by atoms with Gasteiger partial charge in [-0.05, 0) is 24.3 Å². The Hall–Kier alpha value is -3.23. The van der Waals surface area contributed by atoms with E-state index in [0.717, 1.165) is 5.69 Å². The molecule has 9 heteroatoms. The topological polar surface area (TPSA) is 142 Å². The molecule has 0 aliphatic carbocycles. The van der Waals surface area contributed by atoms with Crippen LogP contribution in [0.15, 0.2) is 29.1 Å². The summed E-state index contributed by atoms with van der Waals surface area (Å²) in [6.45, 7) is 1.22. The lowest BCUT2D eigenvalue weighted by Crippen LogP contribution is -2.48. The smallest absolute Gasteiger partial charge is 0.278 e. The molecule has 1 aromatic heterocycles. The van der Waals surface area contributed by atoms with Crippen LogP contribution in [0.4, 0.5) is 23.1 Å². The minimum atomic E-state index is -0.458. The predicted molar refractivity (Wildman–Crippen MR) is 93.4 cm³/mol. The van der Waals surface area contributed by atoms with Crippen molar-refractivity contribution in [1.82, 2.24) is 9.97 Å². The second-order valence-corrected chi connectivity index (χ2v) is 5.62. The molecule has 1 aromatic carbocycles. The molecule has 1 aliphatic rings. The van der Waals surface area contributed by atoms with Gasteiger partial charge in [0, 0.05) is 31.4 Å². The van der Waals surface area contributed by atoms with Crippen molar-refractivity contribution in [3.05, 3.63) is 40.2 Å². The fraction of sp³-hybridized carbons (Fsp3) is 0.267. The van der Waals surface area contributed by atoms with Crippen molar-refractivity contribution in [3.8, 4) is 0 Å². The molecule has 24 heavy (non-hydrogen) atoms. The average molecular weight is 329 g/mol. The second-order valence-electron chi connectivity index (χ2n) is 5.62. The van der Waals surface area contributed by atoms with E-state index in [4.69, 9.17) is 11.5 Å². The van der Waals surface area contributed by atoms with Crippen LogP contribution in [0.2, 0.25) is 0 Å². The highest BCUT2D eigenvalue weighted by Gasteiger charge is 2.27. The molecule has 0 radical (unpaired) electrons. The number of amides is 1. The molecular weight excluding hydrogens is 310 g/mol. The van der Waals surface area contributed by atoms with Crippen molar-refractivity contribution in [2.75, 3.05) is 41.4 Å². The summed E-state index contributed by atoms with van der Waals surface area (Å²) in [4.78, 5) is 31.7. The van der Waals surface area contributed by atoms with Gasteiger partial charge in [-0.15, -0.1) is 0 Å². The quantitative estimate of drug-likeness (QED) is 0.522. The van der Waals surface area contributed by atoms with Crippen LogP contribution in [0.3, 0.4) is 0 Å². The third-order valence-electron chi connectivity index (χ3n) is 4.03. The number of benzene rings is 1. The second kappa shape index (κ2) is 6.11. The summed E-state index contributed by atoms with van der Waals surface area (Å²) in [5.74, 6) is 0.118. The van der Waals surface area contributed by atoms with E-state index in [1.54, 1.807) is 24.3 Å². The Morgan fingerprint density at radius 2 is 2.12 bits per heavy atom. The molecule has 0 saturated carbocycles. The van der Waals surface area contributed by atoms with Gasteiger partial charge in [0.15, 0.2) is 5.82 Å². The maximum Gasteiger partial charge on any atom is 0.278 e. The number of hydrogen-bond donors (Lipinski definition) is 5. The minimum Gasteiger partial charge on any atom is -0.383 e. The molecule has 0 bridgehead atoms. The van der Waals surface area contributed by atoms with Crippen LogP contribution in [-0.4, -0.2) is 42.1 Å². The number of primary amides is 1. The zero-order chi connectivity index (χ0) is 17.3. The van der Waals surface area contributed by atoms with Crippen molar-refractivity contribution in [2.24, 2.45) is 5.73 Å². The zero-order valence-corrected chi connectivity index (χ0v) is 13.2. The monoisotopic (exact) mass is 329 g/mol. The Morgan fingerprint density at radius 3 is 2.79 bits per heavy atom. The van der Waals surface area contributed by atoms with E-state index >= 15 is 0 Å². The first-order valence-corrected chi connectivity index (χ1v) is 7.46. The third kappa shape index (κ3) is 2.96. The lowest BCUT2D eigenvalue weighted by Gasteiger charge is -2.35. The Kier molecular flexibility index (Phi) is 3.98. The molecule has 0 fully saturated rings. The molecule has 2 aromatic rings. The maximum absolute atomic E-state index is 12.1. The van der Waals surface area contributed by atoms with Crippen LogP contribution >= 0.6 is 0 Å². The number of H-pyrrole nitrogens is 1. The van der Waals surface area contributed by atoms with Gasteiger partial charge < -0.3 is 27.0 Å². The predicted octanol–water partition coefficient (Wildman–Crippen LogP) is -0.207. The van der Waals surface area contributed by atoms with Crippen molar-refractivity contribution in [2.45, 2.75) is 6.04 Å². The summed E-state index contributed by atoms with van der Waals surface area (Å²) in [6.07, 6.45) is 0. The van der Waals surface area contributed by atoms with Gasteiger partial charge >= 0.3 is 0 Å². The number of hydrogen-bond acceptors (Lipinski definition) is 7. The van der Waals surface area contributed by atoms with Gasteiger partial charge in [0.1, 0.15) is 5.69 Å². The lowest BCUT2D eigenvalue weighted by atomic mass is 10.1. The number of nitrogens with one attached hydrogen (secondary N) is 3. The Balaban J connectivity index is 1.70. The van der Waals surface area contributed by atoms with E-state index in [1.807, 2.05) is 11.9 Å². The molecule has 1 atom stereocenters. The highest BCUT2D eigenvalue weighted by Crippen LogP contribution is 2.25. The average Bonchev–Trinajstić information content (AvgIpc) is 2.54. The summed E-state index contributed by atoms with van der Waals surface area (Å²) in [7, 11) is 1.84. The van der Waals surface area contributed by atoms with E-state index in [2.05, 4.69) is 20.6 Å². The number of nitrogens with zero attached hydrogens (tertiary/aromatic N) is 2. The largest absolute Gasteiger partial charge is 0.383 e. The molecule has 0 saturated heterocycles.